The van der Waals surface area contributed by atoms with E-state index in [1.807, 2.05) is 0 Å². The van der Waals surface area contributed by atoms with Crippen molar-refractivity contribution in [2.24, 2.45) is 0 Å². The molecule has 0 saturated heterocycles. The molecule has 0 aromatic heterocycles. The third-order valence-electron chi connectivity index (χ3n) is 1.22. The average Bonchev–Trinajstić information content (AvgIpc) is 1.92. The SMILES string of the molecule is Cc1ccc(C)cc1.O=P(O)(O)O.[NaH]. The first-order valence-corrected chi connectivity index (χ1v) is 5.17. The van der Waals surface area contributed by atoms with E-state index in [-0.39, 0.29) is 29.6 Å². The van der Waals surface area contributed by atoms with Gasteiger partial charge in [-0.2, -0.15) is 0 Å². The van der Waals surface area contributed by atoms with E-state index < -0.39 is 7.82 Å². The maximum absolute atomic E-state index is 8.88. The van der Waals surface area contributed by atoms with Crippen LogP contribution in [-0.2, 0) is 4.57 Å². The zero-order valence-corrected chi connectivity index (χ0v) is 8.40. The molecule has 0 radical (unpaired) electrons. The van der Waals surface area contributed by atoms with Crippen molar-refractivity contribution in [3.05, 3.63) is 35.4 Å². The molecule has 76 valence electrons. The second kappa shape index (κ2) is 7.60. The first kappa shape index (κ1) is 16.7. The van der Waals surface area contributed by atoms with Crippen LogP contribution in [0.25, 0.3) is 0 Å². The first-order valence-electron chi connectivity index (χ1n) is 3.60. The van der Waals surface area contributed by atoms with Gasteiger partial charge in [-0.3, -0.25) is 0 Å². The van der Waals surface area contributed by atoms with Gasteiger partial charge in [-0.15, -0.1) is 0 Å². The molecule has 0 fully saturated rings. The van der Waals surface area contributed by atoms with Crippen LogP contribution in [0, 0.1) is 13.8 Å². The zero-order chi connectivity index (χ0) is 10.5. The Morgan fingerprint density at radius 1 is 0.929 bits per heavy atom. The molecule has 0 saturated carbocycles. The molecule has 0 unspecified atom stereocenters. The van der Waals surface area contributed by atoms with Crippen molar-refractivity contribution < 1.29 is 19.2 Å². The molecule has 0 spiro atoms. The summed E-state index contributed by atoms with van der Waals surface area (Å²) >= 11 is 0. The molecule has 1 aromatic rings. The zero-order valence-electron chi connectivity index (χ0n) is 7.51. The number of rotatable bonds is 0. The number of aryl methyl sites for hydroxylation is 2. The summed E-state index contributed by atoms with van der Waals surface area (Å²) in [5.74, 6) is 0. The molecule has 0 heterocycles. The normalized spacial score (nSPS) is 9.50. The van der Waals surface area contributed by atoms with Crippen molar-refractivity contribution in [2.75, 3.05) is 0 Å². The summed E-state index contributed by atoms with van der Waals surface area (Å²) in [6.45, 7) is 4.19. The van der Waals surface area contributed by atoms with Gasteiger partial charge in [0.2, 0.25) is 0 Å². The van der Waals surface area contributed by atoms with Gasteiger partial charge in [-0.05, 0) is 13.8 Å². The van der Waals surface area contributed by atoms with E-state index in [0.29, 0.717) is 0 Å². The average molecular weight is 228 g/mol. The third-order valence-corrected chi connectivity index (χ3v) is 1.22. The fraction of sp³-hybridized carbons (Fsp3) is 0.250. The Morgan fingerprint density at radius 3 is 1.21 bits per heavy atom. The predicted octanol–water partition coefficient (Wildman–Crippen LogP) is 0.726. The van der Waals surface area contributed by atoms with Gasteiger partial charge in [0.1, 0.15) is 0 Å². The van der Waals surface area contributed by atoms with Crippen molar-refractivity contribution in [3.8, 4) is 0 Å². The van der Waals surface area contributed by atoms with Crippen LogP contribution in [-0.4, -0.2) is 44.2 Å². The Kier molecular flexibility index (Phi) is 9.09. The molecular formula is C8H14NaO4P. The maximum atomic E-state index is 8.88. The minimum absolute atomic E-state index is 0. The third kappa shape index (κ3) is 14.8. The van der Waals surface area contributed by atoms with Crippen molar-refractivity contribution in [1.29, 1.82) is 0 Å². The summed E-state index contributed by atoms with van der Waals surface area (Å²) in [6, 6.07) is 8.48. The standard InChI is InChI=1S/C8H10.Na.H3O4P.H/c1-7-3-5-8(2)6-4-7;;1-5(2,3)4;/h3-6H,1-2H3;;(H3,1,2,3,4);. The van der Waals surface area contributed by atoms with E-state index >= 15 is 0 Å². The van der Waals surface area contributed by atoms with Gasteiger partial charge in [-0.25, -0.2) is 4.57 Å². The van der Waals surface area contributed by atoms with Gasteiger partial charge in [0.15, 0.2) is 0 Å². The molecule has 3 N–H and O–H groups in total. The van der Waals surface area contributed by atoms with Crippen molar-refractivity contribution in [2.45, 2.75) is 13.8 Å². The van der Waals surface area contributed by atoms with E-state index in [4.69, 9.17) is 19.2 Å². The summed E-state index contributed by atoms with van der Waals surface area (Å²) < 4.78 is 8.88. The molecule has 6 heteroatoms. The molecule has 0 atom stereocenters. The monoisotopic (exact) mass is 228 g/mol. The fourth-order valence-corrected chi connectivity index (χ4v) is 0.637. The Hall–Kier alpha value is 0.330. The summed E-state index contributed by atoms with van der Waals surface area (Å²) in [4.78, 5) is 21.6. The van der Waals surface area contributed by atoms with E-state index in [1.54, 1.807) is 0 Å². The van der Waals surface area contributed by atoms with Crippen molar-refractivity contribution in [1.82, 2.24) is 0 Å². The van der Waals surface area contributed by atoms with Gasteiger partial charge < -0.3 is 14.7 Å². The number of phosphoric acid groups is 1. The summed E-state index contributed by atoms with van der Waals surface area (Å²) in [6.07, 6.45) is 0. The van der Waals surface area contributed by atoms with Crippen LogP contribution in [0.1, 0.15) is 11.1 Å². The molecule has 1 rings (SSSR count). The number of benzene rings is 1. The fourth-order valence-electron chi connectivity index (χ4n) is 0.637. The summed E-state index contributed by atoms with van der Waals surface area (Å²) in [5, 5.41) is 0. The molecule has 1 aromatic carbocycles. The van der Waals surface area contributed by atoms with Crippen LogP contribution < -0.4 is 0 Å². The van der Waals surface area contributed by atoms with Gasteiger partial charge in [-0.1, -0.05) is 35.4 Å². The Morgan fingerprint density at radius 2 is 1.07 bits per heavy atom. The van der Waals surface area contributed by atoms with Crippen LogP contribution in [0.4, 0.5) is 0 Å². The van der Waals surface area contributed by atoms with Crippen LogP contribution in [0.2, 0.25) is 0 Å². The molecular weight excluding hydrogens is 214 g/mol. The van der Waals surface area contributed by atoms with E-state index in [1.165, 1.54) is 11.1 Å². The van der Waals surface area contributed by atoms with Gasteiger partial charge in [0, 0.05) is 0 Å². The van der Waals surface area contributed by atoms with Crippen molar-refractivity contribution >= 4 is 37.4 Å². The Labute approximate surface area is 106 Å². The first-order chi connectivity index (χ1) is 5.79. The summed E-state index contributed by atoms with van der Waals surface area (Å²) in [5.41, 5.74) is 2.66. The van der Waals surface area contributed by atoms with Crippen LogP contribution in [0.5, 0.6) is 0 Å². The molecule has 0 aliphatic carbocycles. The molecule has 0 bridgehead atoms. The van der Waals surface area contributed by atoms with Gasteiger partial charge in [0.25, 0.3) is 0 Å². The van der Waals surface area contributed by atoms with E-state index in [9.17, 15) is 0 Å². The minimum atomic E-state index is -4.64. The van der Waals surface area contributed by atoms with Gasteiger partial charge >= 0.3 is 37.4 Å². The Balaban J connectivity index is 0. The topological polar surface area (TPSA) is 77.8 Å². The predicted molar refractivity (Wildman–Crippen MR) is 57.3 cm³/mol. The second-order valence-corrected chi connectivity index (χ2v) is 3.69. The van der Waals surface area contributed by atoms with E-state index in [2.05, 4.69) is 38.1 Å². The molecule has 0 aliphatic rings. The van der Waals surface area contributed by atoms with Crippen LogP contribution in [0.15, 0.2) is 24.3 Å². The number of hydrogen-bond acceptors (Lipinski definition) is 1. The van der Waals surface area contributed by atoms with Crippen molar-refractivity contribution in [3.63, 3.8) is 0 Å². The van der Waals surface area contributed by atoms with Crippen LogP contribution >= 0.6 is 7.82 Å². The second-order valence-electron chi connectivity index (χ2n) is 2.67. The molecule has 0 aliphatic heterocycles. The summed E-state index contributed by atoms with van der Waals surface area (Å²) in [7, 11) is -4.64. The number of hydrogen-bond donors (Lipinski definition) is 3. The van der Waals surface area contributed by atoms with E-state index in [0.717, 1.165) is 0 Å². The van der Waals surface area contributed by atoms with Gasteiger partial charge in [0.05, 0.1) is 0 Å². The Bertz CT molecular complexity index is 263. The molecule has 0 amide bonds. The molecule has 14 heavy (non-hydrogen) atoms. The quantitative estimate of drug-likeness (QED) is 0.451. The van der Waals surface area contributed by atoms with Crippen LogP contribution in [0.3, 0.4) is 0 Å². The molecule has 4 nitrogen and oxygen atoms in total.